The van der Waals surface area contributed by atoms with Crippen LogP contribution in [0.5, 0.6) is 11.5 Å². The quantitative estimate of drug-likeness (QED) is 0.160. The van der Waals surface area contributed by atoms with Gasteiger partial charge < -0.3 is 24.1 Å². The highest BCUT2D eigenvalue weighted by Gasteiger charge is 2.13. The van der Waals surface area contributed by atoms with Gasteiger partial charge in [-0.3, -0.25) is 0 Å². The second-order valence-electron chi connectivity index (χ2n) is 8.30. The van der Waals surface area contributed by atoms with Gasteiger partial charge >= 0.3 is 5.97 Å². The molecule has 4 aromatic carbocycles. The van der Waals surface area contributed by atoms with E-state index < -0.39 is 5.97 Å². The van der Waals surface area contributed by atoms with Crippen molar-refractivity contribution >= 4 is 16.7 Å². The molecule has 4 aromatic rings. The number of methoxy groups -OCH3 is 1. The average molecular weight is 487 g/mol. The molecule has 1 N–H and O–H groups in total. The van der Waals surface area contributed by atoms with Crippen LogP contribution >= 0.6 is 0 Å². The van der Waals surface area contributed by atoms with Gasteiger partial charge in [0.15, 0.2) is 6.79 Å². The number of hydrogen-bond acceptors (Lipinski definition) is 6. The molecule has 0 fully saturated rings. The summed E-state index contributed by atoms with van der Waals surface area (Å²) in [5, 5.41) is 12.1. The normalized spacial score (nSPS) is 10.9. The molecule has 6 heteroatoms. The van der Waals surface area contributed by atoms with E-state index in [4.69, 9.17) is 18.9 Å². The predicted molar refractivity (Wildman–Crippen MR) is 140 cm³/mol. The van der Waals surface area contributed by atoms with Gasteiger partial charge in [0.1, 0.15) is 11.5 Å². The Hall–Kier alpha value is -3.87. The number of carbonyl (C=O) groups is 1. The summed E-state index contributed by atoms with van der Waals surface area (Å²) in [7, 11) is 1.63. The zero-order chi connectivity index (χ0) is 25.3. The van der Waals surface area contributed by atoms with Crippen LogP contribution in [0.3, 0.4) is 0 Å². The van der Waals surface area contributed by atoms with E-state index in [0.29, 0.717) is 30.6 Å². The van der Waals surface area contributed by atoms with Crippen molar-refractivity contribution in [2.45, 2.75) is 13.3 Å². The van der Waals surface area contributed by atoms with Gasteiger partial charge in [-0.05, 0) is 64.9 Å². The zero-order valence-electron chi connectivity index (χ0n) is 20.5. The Labute approximate surface area is 211 Å². The third-order valence-corrected chi connectivity index (χ3v) is 5.80. The van der Waals surface area contributed by atoms with E-state index in [2.05, 4.69) is 18.2 Å². The van der Waals surface area contributed by atoms with Crippen molar-refractivity contribution in [3.8, 4) is 22.6 Å². The first-order chi connectivity index (χ1) is 17.6. The maximum absolute atomic E-state index is 12.1. The van der Waals surface area contributed by atoms with Gasteiger partial charge in [-0.25, -0.2) is 4.79 Å². The third-order valence-electron chi connectivity index (χ3n) is 5.80. The average Bonchev–Trinajstić information content (AvgIpc) is 2.90. The highest BCUT2D eigenvalue weighted by molar-refractivity contribution is 5.99. The van der Waals surface area contributed by atoms with Gasteiger partial charge in [0.05, 0.1) is 25.4 Å². The molecule has 36 heavy (non-hydrogen) atoms. The minimum Gasteiger partial charge on any atom is -0.507 e. The number of phenols is 1. The molecule has 0 atom stereocenters. The first kappa shape index (κ1) is 25.2. The first-order valence-corrected chi connectivity index (χ1v) is 11.9. The molecular weight excluding hydrogens is 456 g/mol. The van der Waals surface area contributed by atoms with Crippen LogP contribution in [0.1, 0.15) is 28.4 Å². The highest BCUT2D eigenvalue weighted by atomic mass is 16.7. The van der Waals surface area contributed by atoms with Crippen LogP contribution in [0.25, 0.3) is 21.9 Å². The topological polar surface area (TPSA) is 74.2 Å². The first-order valence-electron chi connectivity index (χ1n) is 11.9. The van der Waals surface area contributed by atoms with Crippen LogP contribution in [-0.2, 0) is 20.6 Å². The standard InChI is InChI=1S/C30H30O6/c1-3-35-30(32)26-17-24-10-9-23(18-27(24)28(31)19-26)22-11-12-29(36-20-34-14-13-33-2)25(16-22)15-21-7-5-4-6-8-21/h4-12,16-19,31H,3,13-15,20H2,1-2H3. The number of ether oxygens (including phenoxy) is 4. The second-order valence-corrected chi connectivity index (χ2v) is 8.30. The number of aromatic hydroxyl groups is 1. The summed E-state index contributed by atoms with van der Waals surface area (Å²) in [4.78, 5) is 12.1. The third kappa shape index (κ3) is 6.22. The molecule has 186 valence electrons. The molecule has 0 saturated heterocycles. The number of hydrogen-bond donors (Lipinski definition) is 1. The largest absolute Gasteiger partial charge is 0.507 e. The minimum absolute atomic E-state index is 0.0371. The van der Waals surface area contributed by atoms with E-state index in [1.807, 2.05) is 48.5 Å². The second kappa shape index (κ2) is 12.2. The number of esters is 1. The predicted octanol–water partition coefficient (Wildman–Crippen LogP) is 5.98. The van der Waals surface area contributed by atoms with Crippen molar-refractivity contribution in [2.75, 3.05) is 33.7 Å². The number of benzene rings is 4. The van der Waals surface area contributed by atoms with Crippen molar-refractivity contribution in [1.29, 1.82) is 0 Å². The Morgan fingerprint density at radius 1 is 0.889 bits per heavy atom. The van der Waals surface area contributed by atoms with Gasteiger partial charge in [-0.1, -0.05) is 48.5 Å². The zero-order valence-corrected chi connectivity index (χ0v) is 20.5. The molecule has 0 unspecified atom stereocenters. The lowest BCUT2D eigenvalue weighted by molar-refractivity contribution is -0.00882. The Morgan fingerprint density at radius 3 is 2.44 bits per heavy atom. The molecule has 0 heterocycles. The lowest BCUT2D eigenvalue weighted by Crippen LogP contribution is -2.09. The molecule has 0 aliphatic carbocycles. The van der Waals surface area contributed by atoms with Crippen molar-refractivity contribution < 1.29 is 28.8 Å². The number of carbonyl (C=O) groups excluding carboxylic acids is 1. The van der Waals surface area contributed by atoms with E-state index in [0.717, 1.165) is 27.8 Å². The van der Waals surface area contributed by atoms with Crippen LogP contribution in [0, 0.1) is 0 Å². The van der Waals surface area contributed by atoms with Crippen LogP contribution in [-0.4, -0.2) is 44.8 Å². The van der Waals surface area contributed by atoms with E-state index in [1.54, 1.807) is 20.1 Å². The molecule has 0 aromatic heterocycles. The summed E-state index contributed by atoms with van der Waals surface area (Å²) < 4.78 is 21.5. The maximum atomic E-state index is 12.1. The minimum atomic E-state index is -0.453. The van der Waals surface area contributed by atoms with Crippen molar-refractivity contribution in [1.82, 2.24) is 0 Å². The van der Waals surface area contributed by atoms with Gasteiger partial charge in [-0.15, -0.1) is 0 Å². The fourth-order valence-electron chi connectivity index (χ4n) is 4.01. The van der Waals surface area contributed by atoms with E-state index in [9.17, 15) is 9.90 Å². The van der Waals surface area contributed by atoms with Crippen molar-refractivity contribution in [3.05, 3.63) is 95.6 Å². The molecule has 0 saturated carbocycles. The van der Waals surface area contributed by atoms with Gasteiger partial charge in [-0.2, -0.15) is 0 Å². The number of phenolic OH excluding ortho intramolecular Hbond substituents is 1. The molecule has 0 aliphatic heterocycles. The Morgan fingerprint density at radius 2 is 1.67 bits per heavy atom. The molecule has 0 bridgehead atoms. The summed E-state index contributed by atoms with van der Waals surface area (Å²) in [6, 6.07) is 25.2. The van der Waals surface area contributed by atoms with E-state index in [1.165, 1.54) is 11.6 Å². The number of fused-ring (bicyclic) bond motifs is 1. The molecule has 0 radical (unpaired) electrons. The lowest BCUT2D eigenvalue weighted by Gasteiger charge is -2.15. The summed E-state index contributed by atoms with van der Waals surface area (Å²) in [6.45, 7) is 3.14. The summed E-state index contributed by atoms with van der Waals surface area (Å²) in [6.07, 6.45) is 0.698. The summed E-state index contributed by atoms with van der Waals surface area (Å²) >= 11 is 0. The molecule has 0 spiro atoms. The number of rotatable bonds is 11. The fourth-order valence-corrected chi connectivity index (χ4v) is 4.01. The molecular formula is C30H30O6. The van der Waals surface area contributed by atoms with Gasteiger partial charge in [0.25, 0.3) is 0 Å². The highest BCUT2D eigenvalue weighted by Crippen LogP contribution is 2.34. The smallest absolute Gasteiger partial charge is 0.338 e. The molecule has 6 nitrogen and oxygen atoms in total. The monoisotopic (exact) mass is 486 g/mol. The van der Waals surface area contributed by atoms with Crippen LogP contribution in [0.4, 0.5) is 0 Å². The van der Waals surface area contributed by atoms with Gasteiger partial charge in [0, 0.05) is 18.9 Å². The molecule has 0 aliphatic rings. The van der Waals surface area contributed by atoms with E-state index in [-0.39, 0.29) is 19.1 Å². The van der Waals surface area contributed by atoms with Crippen LogP contribution in [0.15, 0.2) is 78.9 Å². The van der Waals surface area contributed by atoms with Crippen LogP contribution in [0.2, 0.25) is 0 Å². The van der Waals surface area contributed by atoms with Gasteiger partial charge in [0.2, 0.25) is 0 Å². The fraction of sp³-hybridized carbons (Fsp3) is 0.233. The lowest BCUT2D eigenvalue weighted by atomic mass is 9.96. The summed E-state index contributed by atoms with van der Waals surface area (Å²) in [5.41, 5.74) is 4.45. The summed E-state index contributed by atoms with van der Waals surface area (Å²) in [5.74, 6) is 0.337. The Balaban J connectivity index is 1.64. The maximum Gasteiger partial charge on any atom is 0.338 e. The van der Waals surface area contributed by atoms with Crippen molar-refractivity contribution in [3.63, 3.8) is 0 Å². The molecule has 0 amide bonds. The Kier molecular flexibility index (Phi) is 8.55. The van der Waals surface area contributed by atoms with Crippen LogP contribution < -0.4 is 4.74 Å². The molecule has 4 rings (SSSR count). The van der Waals surface area contributed by atoms with Crippen molar-refractivity contribution in [2.24, 2.45) is 0 Å². The SMILES string of the molecule is CCOC(=O)c1cc(O)c2cc(-c3ccc(OCOCCOC)c(Cc4ccccc4)c3)ccc2c1. The Bertz CT molecular complexity index is 1320. The van der Waals surface area contributed by atoms with E-state index >= 15 is 0 Å².